The lowest BCUT2D eigenvalue weighted by molar-refractivity contribution is -0.165. The molecule has 0 aromatic heterocycles. The van der Waals surface area contributed by atoms with E-state index in [1.165, 1.54) is 57.8 Å². The van der Waals surface area contributed by atoms with Gasteiger partial charge in [0.25, 0.3) is 0 Å². The zero-order chi connectivity index (χ0) is 59.6. The Morgan fingerprint density at radius 1 is 0.492 bits per heavy atom. The molecule has 1 aliphatic carbocycles. The highest BCUT2D eigenvalue weighted by Gasteiger charge is 2.32. The number of hydrogen-bond donors (Lipinski definition) is 0. The van der Waals surface area contributed by atoms with Crippen LogP contribution in [-0.4, -0.2) is 24.7 Å². The maximum Gasteiger partial charge on any atom is 0.391 e. The summed E-state index contributed by atoms with van der Waals surface area (Å²) in [6.45, 7) is 45.2. The van der Waals surface area contributed by atoms with Crippen molar-refractivity contribution in [3.63, 3.8) is 0 Å². The molecular weight excluding hydrogens is 865 g/mol. The summed E-state index contributed by atoms with van der Waals surface area (Å²) in [6.07, 6.45) is -2.70. The van der Waals surface area contributed by atoms with Gasteiger partial charge in [-0.2, -0.15) is 52.7 Å². The normalized spacial score (nSPS) is 15.0. The van der Waals surface area contributed by atoms with Gasteiger partial charge in [0.1, 0.15) is 0 Å². The minimum absolute atomic E-state index is 0.0712. The third-order valence-electron chi connectivity index (χ3n) is 7.04. The first kappa shape index (κ1) is 75.7. The van der Waals surface area contributed by atoms with E-state index in [2.05, 4.69) is 62.3 Å². The largest absolute Gasteiger partial charge is 0.391 e. The van der Waals surface area contributed by atoms with Crippen LogP contribution in [0.3, 0.4) is 0 Å². The average molecular weight is 987 g/mol. The van der Waals surface area contributed by atoms with Crippen LogP contribution in [0.2, 0.25) is 0 Å². The van der Waals surface area contributed by atoms with Crippen LogP contribution in [0.1, 0.15) is 289 Å². The summed E-state index contributed by atoms with van der Waals surface area (Å²) in [6, 6.07) is 0. The van der Waals surface area contributed by atoms with E-state index in [0.29, 0.717) is 19.3 Å². The molecule has 2 atom stereocenters. The Labute approximate surface area is 407 Å². The highest BCUT2D eigenvalue weighted by atomic mass is 19.4. The van der Waals surface area contributed by atoms with Crippen LogP contribution in [0.25, 0.3) is 0 Å². The summed E-state index contributed by atoms with van der Waals surface area (Å²) in [4.78, 5) is 0. The summed E-state index contributed by atoms with van der Waals surface area (Å²) in [7, 11) is 0. The molecule has 0 aliphatic heterocycles. The van der Waals surface area contributed by atoms with Crippen molar-refractivity contribution in [1.82, 2.24) is 0 Å². The Balaban J connectivity index is -0.0000000614. The fourth-order valence-corrected chi connectivity index (χ4v) is 2.59. The van der Waals surface area contributed by atoms with Gasteiger partial charge in [0.15, 0.2) is 0 Å². The highest BCUT2D eigenvalue weighted by Crippen LogP contribution is 2.27. The standard InChI is InChI=1S/C7H14.2C6H11F3.C5H12.2C4H7F3.4C4H10.C3H8.C2H6/c1-7-5-3-2-4-6-7;2*1-3-5(2)4-6(7,8)9;1-3-5-4-2;2*1-3(2)4(5,6)7;2*1-4(2)3;2*1-3-4-2;1-3-2;1-2/h7H,2-6H2,1H3;2*5H,3-4H2,1-2H3;3-5H2,1-2H3;2*3H,1-2H3;2*4H,1-3H3;2*3-4H2,1-2H3;3H2,1-2H3;1-2H3/t;2*5-;;;;;;;;;/m.00........./s1/i7D;;;;3D;;4D;;3D2;;;. The molecule has 1 saturated carbocycles. The van der Waals surface area contributed by atoms with E-state index in [9.17, 15) is 52.7 Å². The Bertz CT molecular complexity index is 891. The minimum atomic E-state index is -4.40. The molecule has 412 valence electrons. The van der Waals surface area contributed by atoms with Crippen molar-refractivity contribution in [3.05, 3.63) is 0 Å². The second-order valence-corrected chi connectivity index (χ2v) is 17.4. The van der Waals surface area contributed by atoms with Crippen molar-refractivity contribution in [2.45, 2.75) is 307 Å². The van der Waals surface area contributed by atoms with Crippen LogP contribution >= 0.6 is 0 Å². The van der Waals surface area contributed by atoms with Gasteiger partial charge in [-0.1, -0.05) is 269 Å². The third kappa shape index (κ3) is 171. The summed E-state index contributed by atoms with van der Waals surface area (Å²) in [5.41, 5.74) is 0. The van der Waals surface area contributed by atoms with Crippen LogP contribution < -0.4 is 0 Å². The number of halogens is 12. The monoisotopic (exact) mass is 986 g/mol. The zero-order valence-corrected chi connectivity index (χ0v) is 47.2. The smallest absolute Gasteiger partial charge is 0.171 e. The maximum atomic E-state index is 11.5. The Hall–Kier alpha value is -0.840. The maximum absolute atomic E-state index is 11.5. The average Bonchev–Trinajstić information content (AvgIpc) is 3.14. The molecule has 0 amide bonds. The third-order valence-corrected chi connectivity index (χ3v) is 7.04. The van der Waals surface area contributed by atoms with Gasteiger partial charge >= 0.3 is 24.7 Å². The van der Waals surface area contributed by atoms with Crippen molar-refractivity contribution >= 4 is 0 Å². The Morgan fingerprint density at radius 2 is 0.708 bits per heavy atom. The van der Waals surface area contributed by atoms with Crippen LogP contribution in [0.15, 0.2) is 0 Å². The fraction of sp³-hybridized carbons (Fsp3) is 1.00. The first-order valence-corrected chi connectivity index (χ1v) is 24.6. The van der Waals surface area contributed by atoms with Gasteiger partial charge in [-0.25, -0.2) is 0 Å². The molecule has 0 bridgehead atoms. The molecule has 0 unspecified atom stereocenters. The van der Waals surface area contributed by atoms with Crippen molar-refractivity contribution in [3.8, 4) is 0 Å². The molecule has 0 N–H and O–H groups in total. The molecule has 0 nitrogen and oxygen atoms in total. The van der Waals surface area contributed by atoms with E-state index in [1.54, 1.807) is 34.6 Å². The number of rotatable bonds is 8. The van der Waals surface area contributed by atoms with Crippen LogP contribution in [0.4, 0.5) is 52.7 Å². The number of alkyl halides is 12. The molecule has 1 fully saturated rings. The van der Waals surface area contributed by atoms with Crippen LogP contribution in [0, 0.1) is 41.4 Å². The topological polar surface area (TPSA) is 0 Å². The van der Waals surface area contributed by atoms with Gasteiger partial charge in [-0.15, -0.1) is 0 Å². The predicted octanol–water partition coefficient (Wildman–Crippen LogP) is 24.5. The summed E-state index contributed by atoms with van der Waals surface area (Å²) >= 11 is 0. The van der Waals surface area contributed by atoms with Gasteiger partial charge in [0.05, 0.1) is 0 Å². The van der Waals surface area contributed by atoms with Crippen molar-refractivity contribution in [2.24, 2.45) is 41.4 Å². The molecule has 0 saturated heterocycles. The SMILES string of the molecule is CC.CC(C)C.CC(C)C(F)(F)F.CCC.CCCC.CCCCC.CC[C@H](C)CC(F)(F)F.CC[C@H](C)CC(F)(F)F.[2H]C(C)(C)C.[2H]C(C)(C)C(F)(F)F.[2H]C([2H])(C)CC.[2H]C1(C)CCCCC1. The van der Waals surface area contributed by atoms with Gasteiger partial charge in [0.2, 0.25) is 0 Å². The molecule has 1 aliphatic rings. The van der Waals surface area contributed by atoms with E-state index in [4.69, 9.17) is 6.85 Å². The van der Waals surface area contributed by atoms with Crippen molar-refractivity contribution in [2.75, 3.05) is 0 Å². The molecule has 65 heavy (non-hydrogen) atoms. The fourth-order valence-electron chi connectivity index (χ4n) is 2.59. The zero-order valence-electron chi connectivity index (χ0n) is 52.2. The van der Waals surface area contributed by atoms with E-state index in [0.717, 1.165) is 46.5 Å². The Morgan fingerprint density at radius 3 is 0.754 bits per heavy atom. The van der Waals surface area contributed by atoms with E-state index >= 15 is 0 Å². The van der Waals surface area contributed by atoms with Crippen molar-refractivity contribution in [1.29, 1.82) is 0 Å². The Kier molecular flexibility index (Phi) is 75.9. The number of hydrogen-bond acceptors (Lipinski definition) is 0. The minimum Gasteiger partial charge on any atom is -0.171 e. The molecule has 0 heterocycles. The lowest BCUT2D eigenvalue weighted by Crippen LogP contribution is -2.15. The molecule has 0 aromatic carbocycles. The first-order chi connectivity index (χ1) is 30.8. The summed E-state index contributed by atoms with van der Waals surface area (Å²) in [5.74, 6) is -3.46. The van der Waals surface area contributed by atoms with E-state index in [1.807, 2.05) is 48.5 Å². The molecule has 12 heteroatoms. The molecule has 1 rings (SSSR count). The van der Waals surface area contributed by atoms with Gasteiger partial charge < -0.3 is 0 Å². The summed E-state index contributed by atoms with van der Waals surface area (Å²) < 4.78 is 171. The molecular formula is C53H116F12. The second-order valence-electron chi connectivity index (χ2n) is 17.4. The molecule has 0 aromatic rings. The molecule has 0 radical (unpaired) electrons. The number of unbranched alkanes of at least 4 members (excludes halogenated alkanes) is 3. The molecule has 0 spiro atoms. The quantitative estimate of drug-likeness (QED) is 0.213. The second kappa shape index (κ2) is 65.2. The van der Waals surface area contributed by atoms with Crippen LogP contribution in [0.5, 0.6) is 0 Å². The van der Waals surface area contributed by atoms with Crippen molar-refractivity contribution < 1.29 is 59.5 Å². The lowest BCUT2D eigenvalue weighted by Gasteiger charge is -2.15. The van der Waals surface area contributed by atoms with Gasteiger partial charge in [-0.05, 0) is 29.5 Å². The predicted molar refractivity (Wildman–Crippen MR) is 269 cm³/mol. The van der Waals surface area contributed by atoms with E-state index < -0.39 is 55.7 Å². The van der Waals surface area contributed by atoms with Gasteiger partial charge in [-0.3, -0.25) is 0 Å². The highest BCUT2D eigenvalue weighted by molar-refractivity contribution is 4.60. The lowest BCUT2D eigenvalue weighted by atomic mass is 9.91. The van der Waals surface area contributed by atoms with Crippen LogP contribution in [-0.2, 0) is 0 Å². The van der Waals surface area contributed by atoms with Gasteiger partial charge in [0, 0.05) is 31.5 Å². The summed E-state index contributed by atoms with van der Waals surface area (Å²) in [5, 5.41) is 0. The van der Waals surface area contributed by atoms with E-state index in [-0.39, 0.29) is 23.6 Å². The first-order valence-electron chi connectivity index (χ1n) is 27.1.